The van der Waals surface area contributed by atoms with E-state index in [0.717, 1.165) is 23.5 Å². The lowest BCUT2D eigenvalue weighted by Crippen LogP contribution is -2.35. The van der Waals surface area contributed by atoms with Gasteiger partial charge in [-0.25, -0.2) is 13.2 Å². The third-order valence-corrected chi connectivity index (χ3v) is 7.02. The van der Waals surface area contributed by atoms with Crippen LogP contribution in [0.4, 0.5) is 17.1 Å². The Morgan fingerprint density at radius 3 is 2.79 bits per heavy atom. The number of rotatable bonds is 6. The molecule has 33 heavy (non-hydrogen) atoms. The van der Waals surface area contributed by atoms with E-state index < -0.39 is 33.4 Å². The largest absolute Gasteiger partial charge is 0.494 e. The average molecular weight is 492 g/mol. The van der Waals surface area contributed by atoms with Crippen LogP contribution in [0.3, 0.4) is 0 Å². The number of nitrogens with one attached hydrogen (secondary N) is 1. The number of non-ortho nitro benzene ring substituents is 1. The van der Waals surface area contributed by atoms with Gasteiger partial charge in [-0.15, -0.1) is 4.40 Å². The van der Waals surface area contributed by atoms with Gasteiger partial charge in [0.25, 0.3) is 21.6 Å². The summed E-state index contributed by atoms with van der Waals surface area (Å²) in [5, 5.41) is 13.7. The number of benzene rings is 2. The number of hydrogen-bond donors (Lipinski definition) is 1. The van der Waals surface area contributed by atoms with Crippen molar-refractivity contribution in [3.63, 3.8) is 0 Å². The highest BCUT2D eigenvalue weighted by atomic mass is 32.2. The Morgan fingerprint density at radius 2 is 2.06 bits per heavy atom. The molecular weight excluding hydrogens is 476 g/mol. The number of carbonyl (C=O) groups excluding carboxylic acids is 2. The van der Waals surface area contributed by atoms with E-state index >= 15 is 0 Å². The Labute approximate surface area is 191 Å². The van der Waals surface area contributed by atoms with Crippen molar-refractivity contribution in [3.8, 4) is 5.75 Å². The summed E-state index contributed by atoms with van der Waals surface area (Å²) in [5.74, 6) is -1.41. The molecule has 0 saturated carbocycles. The summed E-state index contributed by atoms with van der Waals surface area (Å²) in [6.45, 7) is -0.322. The van der Waals surface area contributed by atoms with Gasteiger partial charge in [-0.1, -0.05) is 0 Å². The molecule has 0 aromatic heterocycles. The number of nitro benzene ring substituents is 1. The molecule has 2 aromatic carbocycles. The third-order valence-electron chi connectivity index (χ3n) is 4.71. The Bertz CT molecular complexity index is 1310. The number of anilines is 2. The summed E-state index contributed by atoms with van der Waals surface area (Å²) in [7, 11) is -2.19. The number of methoxy groups -OCH3 is 1. The van der Waals surface area contributed by atoms with Crippen LogP contribution in [-0.2, 0) is 19.6 Å². The zero-order valence-electron chi connectivity index (χ0n) is 17.0. The normalized spacial score (nSPS) is 15.7. The Balaban J connectivity index is 1.39. The first kappa shape index (κ1) is 22.5. The molecule has 12 nitrogen and oxygen atoms in total. The first-order chi connectivity index (χ1) is 15.7. The first-order valence-corrected chi connectivity index (χ1v) is 11.8. The lowest BCUT2D eigenvalue weighted by molar-refractivity contribution is -0.384. The monoisotopic (exact) mass is 492 g/mol. The minimum Gasteiger partial charge on any atom is -0.494 e. The topological polar surface area (TPSA) is 158 Å². The molecule has 4 rings (SSSR count). The second kappa shape index (κ2) is 8.71. The van der Waals surface area contributed by atoms with E-state index in [2.05, 4.69) is 9.71 Å². The van der Waals surface area contributed by atoms with Crippen molar-refractivity contribution >= 4 is 55.9 Å². The maximum atomic E-state index is 12.4. The summed E-state index contributed by atoms with van der Waals surface area (Å²) in [6.07, 6.45) is 0. The molecule has 2 aliphatic heterocycles. The number of nitrogens with zero attached hydrogens (tertiary/aromatic N) is 3. The zero-order valence-corrected chi connectivity index (χ0v) is 18.6. The highest BCUT2D eigenvalue weighted by molar-refractivity contribution is 8.15. The lowest BCUT2D eigenvalue weighted by Gasteiger charge is -2.22. The Hall–Kier alpha value is -3.65. The second-order valence-corrected chi connectivity index (χ2v) is 9.63. The number of nitro groups is 1. The van der Waals surface area contributed by atoms with Crippen LogP contribution in [0.5, 0.6) is 5.75 Å². The molecule has 0 atom stereocenters. The van der Waals surface area contributed by atoms with Crippen molar-refractivity contribution in [2.24, 2.45) is 4.40 Å². The van der Waals surface area contributed by atoms with Crippen LogP contribution >= 0.6 is 11.8 Å². The van der Waals surface area contributed by atoms with Gasteiger partial charge in [-0.05, 0) is 36.0 Å². The van der Waals surface area contributed by atoms with Gasteiger partial charge in [0.15, 0.2) is 11.8 Å². The second-order valence-electron chi connectivity index (χ2n) is 6.86. The SMILES string of the molecule is COc1cc([N+](=O)[O-])ccc1NC(=O)COC(=O)c1ccc2c(c1)SC1=NS(=O)(=O)CCN12. The molecule has 1 amide bonds. The van der Waals surface area contributed by atoms with Crippen LogP contribution in [0.2, 0.25) is 0 Å². The summed E-state index contributed by atoms with van der Waals surface area (Å²) < 4.78 is 37.3. The molecule has 0 aliphatic carbocycles. The van der Waals surface area contributed by atoms with Gasteiger partial charge in [-0.2, -0.15) is 0 Å². The van der Waals surface area contributed by atoms with Crippen LogP contribution in [0, 0.1) is 10.1 Å². The molecular formula is C19H16N4O8S2. The molecule has 0 unspecified atom stereocenters. The van der Waals surface area contributed by atoms with E-state index in [1.54, 1.807) is 17.0 Å². The minimum absolute atomic E-state index is 0.0842. The fraction of sp³-hybridized carbons (Fsp3) is 0.211. The van der Waals surface area contributed by atoms with Gasteiger partial charge >= 0.3 is 5.97 Å². The number of esters is 1. The van der Waals surface area contributed by atoms with Crippen LogP contribution in [-0.4, -0.2) is 56.4 Å². The van der Waals surface area contributed by atoms with Crippen LogP contribution in [0.1, 0.15) is 10.4 Å². The Morgan fingerprint density at radius 1 is 1.27 bits per heavy atom. The number of fused-ring (bicyclic) bond motifs is 3. The molecule has 0 radical (unpaired) electrons. The molecule has 1 N–H and O–H groups in total. The fourth-order valence-corrected chi connectivity index (χ4v) is 5.45. The van der Waals surface area contributed by atoms with E-state index in [1.165, 1.54) is 25.3 Å². The van der Waals surface area contributed by atoms with Crippen LogP contribution in [0.15, 0.2) is 45.7 Å². The number of carbonyl (C=O) groups is 2. The number of amidine groups is 1. The van der Waals surface area contributed by atoms with Gasteiger partial charge in [-0.3, -0.25) is 14.9 Å². The Kier molecular flexibility index (Phi) is 5.95. The van der Waals surface area contributed by atoms with Crippen LogP contribution in [0.25, 0.3) is 0 Å². The van der Waals surface area contributed by atoms with Crippen LogP contribution < -0.4 is 15.0 Å². The minimum atomic E-state index is -3.49. The molecule has 0 spiro atoms. The van der Waals surface area contributed by atoms with Gasteiger partial charge in [0.1, 0.15) is 5.75 Å². The summed E-state index contributed by atoms with van der Waals surface area (Å²) in [5.41, 5.74) is 0.912. The highest BCUT2D eigenvalue weighted by Crippen LogP contribution is 2.42. The molecule has 0 bridgehead atoms. The molecule has 0 saturated heterocycles. The smallest absolute Gasteiger partial charge is 0.338 e. The maximum Gasteiger partial charge on any atom is 0.338 e. The van der Waals surface area contributed by atoms with E-state index in [-0.39, 0.29) is 35.0 Å². The predicted octanol–water partition coefficient (Wildman–Crippen LogP) is 2.01. The number of hydrogen-bond acceptors (Lipinski definition) is 10. The summed E-state index contributed by atoms with van der Waals surface area (Å²) in [6, 6.07) is 8.41. The maximum absolute atomic E-state index is 12.4. The molecule has 0 fully saturated rings. The van der Waals surface area contributed by atoms with E-state index in [1.807, 2.05) is 0 Å². The number of sulfonamides is 1. The van der Waals surface area contributed by atoms with E-state index in [4.69, 9.17) is 9.47 Å². The third kappa shape index (κ3) is 4.75. The number of amides is 1. The van der Waals surface area contributed by atoms with Crippen molar-refractivity contribution in [1.29, 1.82) is 0 Å². The quantitative estimate of drug-likeness (QED) is 0.359. The molecule has 2 heterocycles. The van der Waals surface area contributed by atoms with Gasteiger partial charge < -0.3 is 19.7 Å². The molecule has 14 heteroatoms. The lowest BCUT2D eigenvalue weighted by atomic mass is 10.2. The fourth-order valence-electron chi connectivity index (χ4n) is 3.16. The van der Waals surface area contributed by atoms with Crippen molar-refractivity contribution in [1.82, 2.24) is 0 Å². The molecule has 172 valence electrons. The van der Waals surface area contributed by atoms with Gasteiger partial charge in [0.05, 0.1) is 40.8 Å². The van der Waals surface area contributed by atoms with E-state index in [0.29, 0.717) is 10.1 Å². The first-order valence-electron chi connectivity index (χ1n) is 9.38. The highest BCUT2D eigenvalue weighted by Gasteiger charge is 2.33. The van der Waals surface area contributed by atoms with E-state index in [9.17, 15) is 28.1 Å². The zero-order chi connectivity index (χ0) is 23.8. The number of ether oxygens (including phenoxy) is 2. The van der Waals surface area contributed by atoms with Crippen molar-refractivity contribution in [2.45, 2.75) is 4.90 Å². The number of thioether (sulfide) groups is 1. The summed E-state index contributed by atoms with van der Waals surface area (Å²) in [4.78, 5) is 37.3. The van der Waals surface area contributed by atoms with Crippen molar-refractivity contribution in [2.75, 3.05) is 36.2 Å². The average Bonchev–Trinajstić information content (AvgIpc) is 3.12. The van der Waals surface area contributed by atoms with Crippen molar-refractivity contribution in [3.05, 3.63) is 52.1 Å². The summed E-state index contributed by atoms with van der Waals surface area (Å²) >= 11 is 1.14. The van der Waals surface area contributed by atoms with Crippen molar-refractivity contribution < 1.29 is 32.4 Å². The standard InChI is InChI=1S/C19H16N4O8S2/c1-30-15-9-12(23(26)27)3-4-13(15)20-17(24)10-31-18(25)11-2-5-14-16(8-11)32-19-21-33(28,29)7-6-22(14)19/h2-5,8-9H,6-7,10H2,1H3,(H,20,24). The molecule has 2 aromatic rings. The molecule has 2 aliphatic rings. The predicted molar refractivity (Wildman–Crippen MR) is 119 cm³/mol. The van der Waals surface area contributed by atoms with Gasteiger partial charge in [0, 0.05) is 17.5 Å². The van der Waals surface area contributed by atoms with Gasteiger partial charge in [0.2, 0.25) is 0 Å².